The van der Waals surface area contributed by atoms with Gasteiger partial charge in [-0.15, -0.1) is 12.4 Å². The highest BCUT2D eigenvalue weighted by molar-refractivity contribution is 5.85. The Bertz CT molecular complexity index is 364. The number of piperidine rings is 1. The predicted molar refractivity (Wildman–Crippen MR) is 67.4 cm³/mol. The number of halogens is 1. The van der Waals surface area contributed by atoms with Crippen LogP contribution in [0.4, 0.5) is 0 Å². The summed E-state index contributed by atoms with van der Waals surface area (Å²) in [5, 5.41) is 7.53. The van der Waals surface area contributed by atoms with E-state index in [4.69, 9.17) is 4.52 Å². The topological polar surface area (TPSA) is 51.0 Å². The molecule has 2 atom stereocenters. The van der Waals surface area contributed by atoms with E-state index in [-0.39, 0.29) is 12.4 Å². The summed E-state index contributed by atoms with van der Waals surface area (Å²) in [4.78, 5) is 4.54. The van der Waals surface area contributed by atoms with Gasteiger partial charge < -0.3 is 9.84 Å². The van der Waals surface area contributed by atoms with E-state index in [1.807, 2.05) is 0 Å². The van der Waals surface area contributed by atoms with E-state index in [0.29, 0.717) is 12.0 Å². The third-order valence-corrected chi connectivity index (χ3v) is 3.62. The predicted octanol–water partition coefficient (Wildman–Crippen LogP) is 2.30. The number of aromatic nitrogens is 2. The van der Waals surface area contributed by atoms with Gasteiger partial charge in [0.25, 0.3) is 0 Å². The molecule has 0 amide bonds. The molecule has 2 heterocycles. The first-order valence-electron chi connectivity index (χ1n) is 6.37. The summed E-state index contributed by atoms with van der Waals surface area (Å²) in [5.41, 5.74) is 0. The van der Waals surface area contributed by atoms with Crippen molar-refractivity contribution in [3.8, 4) is 0 Å². The van der Waals surface area contributed by atoms with Crippen molar-refractivity contribution >= 4 is 12.4 Å². The molecule has 17 heavy (non-hydrogen) atoms. The highest BCUT2D eigenvalue weighted by atomic mass is 35.5. The third kappa shape index (κ3) is 3.19. The van der Waals surface area contributed by atoms with Crippen molar-refractivity contribution in [3.05, 3.63) is 11.7 Å². The van der Waals surface area contributed by atoms with Gasteiger partial charge in [0.15, 0.2) is 5.82 Å². The van der Waals surface area contributed by atoms with E-state index < -0.39 is 0 Å². The Labute approximate surface area is 108 Å². The second-order valence-corrected chi connectivity index (χ2v) is 5.27. The van der Waals surface area contributed by atoms with Crippen molar-refractivity contribution in [2.24, 2.45) is 5.92 Å². The lowest BCUT2D eigenvalue weighted by Gasteiger charge is -2.25. The maximum absolute atomic E-state index is 5.39. The van der Waals surface area contributed by atoms with Gasteiger partial charge in [-0.2, -0.15) is 4.98 Å². The van der Waals surface area contributed by atoms with Crippen molar-refractivity contribution < 1.29 is 4.52 Å². The minimum atomic E-state index is 0. The van der Waals surface area contributed by atoms with E-state index >= 15 is 0 Å². The van der Waals surface area contributed by atoms with Crippen molar-refractivity contribution in [1.82, 2.24) is 15.5 Å². The van der Waals surface area contributed by atoms with Crippen LogP contribution in [0, 0.1) is 5.92 Å². The Kier molecular flexibility index (Phi) is 4.05. The van der Waals surface area contributed by atoms with Crippen LogP contribution in [0.25, 0.3) is 0 Å². The number of rotatable bonds is 3. The first kappa shape index (κ1) is 12.8. The Balaban J connectivity index is 0.00000108. The fraction of sp³-hybridized carbons (Fsp3) is 0.833. The van der Waals surface area contributed by atoms with E-state index in [2.05, 4.69) is 22.4 Å². The zero-order valence-electron chi connectivity index (χ0n) is 10.2. The van der Waals surface area contributed by atoms with Crippen molar-refractivity contribution in [2.75, 3.05) is 6.54 Å². The fourth-order valence-electron chi connectivity index (χ4n) is 2.45. The third-order valence-electron chi connectivity index (χ3n) is 3.62. The molecule has 2 aliphatic rings. The van der Waals surface area contributed by atoms with E-state index in [9.17, 15) is 0 Å². The molecule has 1 N–H and O–H groups in total. The molecule has 2 fully saturated rings. The minimum Gasteiger partial charge on any atom is -0.339 e. The molecular formula is C12H20ClN3O. The fourth-order valence-corrected chi connectivity index (χ4v) is 2.45. The minimum absolute atomic E-state index is 0. The Morgan fingerprint density at radius 1 is 1.35 bits per heavy atom. The van der Waals surface area contributed by atoms with Crippen molar-refractivity contribution in [3.63, 3.8) is 0 Å². The maximum Gasteiger partial charge on any atom is 0.229 e. The maximum atomic E-state index is 5.39. The summed E-state index contributed by atoms with van der Waals surface area (Å²) in [7, 11) is 0. The summed E-state index contributed by atoms with van der Waals surface area (Å²) in [5.74, 6) is 3.08. The highest BCUT2D eigenvalue weighted by Crippen LogP contribution is 2.32. The zero-order valence-corrected chi connectivity index (χ0v) is 11.0. The SMILES string of the molecule is C[C@H]1C[C@@H](c2nc(CC3CC3)no2)CCN1.Cl. The molecule has 0 bridgehead atoms. The van der Waals surface area contributed by atoms with Crippen molar-refractivity contribution in [1.29, 1.82) is 0 Å². The molecule has 1 aliphatic carbocycles. The lowest BCUT2D eigenvalue weighted by Crippen LogP contribution is -2.34. The average molecular weight is 258 g/mol. The molecule has 1 aromatic heterocycles. The second-order valence-electron chi connectivity index (χ2n) is 5.27. The molecule has 5 heteroatoms. The normalized spacial score (nSPS) is 28.8. The lowest BCUT2D eigenvalue weighted by molar-refractivity contribution is 0.294. The molecule has 1 saturated carbocycles. The van der Waals surface area contributed by atoms with Gasteiger partial charge in [0.2, 0.25) is 5.89 Å². The summed E-state index contributed by atoms with van der Waals surface area (Å²) < 4.78 is 5.39. The molecule has 96 valence electrons. The number of nitrogens with one attached hydrogen (secondary N) is 1. The van der Waals surface area contributed by atoms with Crippen LogP contribution in [0.5, 0.6) is 0 Å². The van der Waals surface area contributed by atoms with Crippen molar-refractivity contribution in [2.45, 2.75) is 51.0 Å². The molecule has 0 aromatic carbocycles. The largest absolute Gasteiger partial charge is 0.339 e. The molecule has 1 aromatic rings. The summed E-state index contributed by atoms with van der Waals surface area (Å²) in [6, 6.07) is 0.567. The van der Waals surface area contributed by atoms with Gasteiger partial charge >= 0.3 is 0 Å². The number of nitrogens with zero attached hydrogens (tertiary/aromatic N) is 2. The molecule has 3 rings (SSSR count). The van der Waals surface area contributed by atoms with Crippen LogP contribution in [0.15, 0.2) is 4.52 Å². The molecule has 1 aliphatic heterocycles. The van der Waals surface area contributed by atoms with Gasteiger partial charge in [-0.25, -0.2) is 0 Å². The summed E-state index contributed by atoms with van der Waals surface area (Å²) in [6.07, 6.45) is 5.94. The van der Waals surface area contributed by atoms with Crippen LogP contribution >= 0.6 is 12.4 Å². The van der Waals surface area contributed by atoms with Crippen LogP contribution < -0.4 is 5.32 Å². The van der Waals surface area contributed by atoms with Crippen LogP contribution in [-0.4, -0.2) is 22.7 Å². The van der Waals surface area contributed by atoms with Gasteiger partial charge in [-0.1, -0.05) is 5.16 Å². The Morgan fingerprint density at radius 2 is 2.18 bits per heavy atom. The molecule has 4 nitrogen and oxygen atoms in total. The highest BCUT2D eigenvalue weighted by Gasteiger charge is 2.27. The van der Waals surface area contributed by atoms with Crippen LogP contribution in [0.1, 0.15) is 50.2 Å². The van der Waals surface area contributed by atoms with E-state index in [1.165, 1.54) is 12.8 Å². The summed E-state index contributed by atoms with van der Waals surface area (Å²) >= 11 is 0. The van der Waals surface area contributed by atoms with E-state index in [1.54, 1.807) is 0 Å². The first-order valence-corrected chi connectivity index (χ1v) is 6.37. The lowest BCUT2D eigenvalue weighted by atomic mass is 9.93. The molecule has 0 unspecified atom stereocenters. The second kappa shape index (κ2) is 5.36. The van der Waals surface area contributed by atoms with Gasteiger partial charge in [0, 0.05) is 18.4 Å². The Hall–Kier alpha value is -0.610. The molecule has 0 radical (unpaired) electrons. The van der Waals surface area contributed by atoms with E-state index in [0.717, 1.165) is 43.4 Å². The molecule has 0 spiro atoms. The van der Waals surface area contributed by atoms with Crippen LogP contribution in [-0.2, 0) is 6.42 Å². The van der Waals surface area contributed by atoms with Gasteiger partial charge in [0.05, 0.1) is 0 Å². The average Bonchev–Trinajstić information content (AvgIpc) is 2.94. The quantitative estimate of drug-likeness (QED) is 0.903. The zero-order chi connectivity index (χ0) is 11.0. The molecule has 1 saturated heterocycles. The number of hydrogen-bond donors (Lipinski definition) is 1. The molecular weight excluding hydrogens is 238 g/mol. The van der Waals surface area contributed by atoms with Crippen LogP contribution in [0.2, 0.25) is 0 Å². The van der Waals surface area contributed by atoms with Gasteiger partial charge in [0.1, 0.15) is 0 Å². The standard InChI is InChI=1S/C12H19N3O.ClH/c1-8-6-10(4-5-13-8)12-14-11(15-16-12)7-9-2-3-9;/h8-10,13H,2-7H2,1H3;1H/t8-,10-;/m0./s1. The Morgan fingerprint density at radius 3 is 2.88 bits per heavy atom. The smallest absolute Gasteiger partial charge is 0.229 e. The number of hydrogen-bond acceptors (Lipinski definition) is 4. The van der Waals surface area contributed by atoms with Gasteiger partial charge in [-0.05, 0) is 45.1 Å². The van der Waals surface area contributed by atoms with Crippen LogP contribution in [0.3, 0.4) is 0 Å². The first-order chi connectivity index (χ1) is 7.81. The monoisotopic (exact) mass is 257 g/mol. The summed E-state index contributed by atoms with van der Waals surface area (Å²) in [6.45, 7) is 3.28. The van der Waals surface area contributed by atoms with Gasteiger partial charge in [-0.3, -0.25) is 0 Å².